The summed E-state index contributed by atoms with van der Waals surface area (Å²) in [5, 5.41) is 2.04. The van der Waals surface area contributed by atoms with Crippen LogP contribution in [-0.2, 0) is 14.6 Å². The molecule has 5 nitrogen and oxygen atoms in total. The molecule has 0 spiro atoms. The summed E-state index contributed by atoms with van der Waals surface area (Å²) in [7, 11) is -3.34. The van der Waals surface area contributed by atoms with Gasteiger partial charge >= 0.3 is 0 Å². The maximum Gasteiger partial charge on any atom is 0.242 e. The van der Waals surface area contributed by atoms with E-state index in [1.165, 1.54) is 6.07 Å². The van der Waals surface area contributed by atoms with Crippen molar-refractivity contribution >= 4 is 38.7 Å². The smallest absolute Gasteiger partial charge is 0.242 e. The molecule has 1 aliphatic rings. The molecule has 1 aliphatic heterocycles. The van der Waals surface area contributed by atoms with Crippen molar-refractivity contribution in [1.29, 1.82) is 0 Å². The number of sulfone groups is 1. The van der Waals surface area contributed by atoms with Gasteiger partial charge in [0.25, 0.3) is 0 Å². The van der Waals surface area contributed by atoms with Crippen molar-refractivity contribution in [1.82, 2.24) is 0 Å². The summed E-state index contributed by atoms with van der Waals surface area (Å²) < 4.78 is 23.7. The third-order valence-corrected chi connectivity index (χ3v) is 5.55. The van der Waals surface area contributed by atoms with Crippen LogP contribution in [-0.4, -0.2) is 25.3 Å². The molecule has 0 bridgehead atoms. The number of nitrogens with two attached hydrogens (primary N) is 1. The van der Waals surface area contributed by atoms with E-state index in [1.807, 2.05) is 0 Å². The molecular formula is C12H15ClN2O3S. The van der Waals surface area contributed by atoms with Crippen LogP contribution in [0, 0.1) is 0 Å². The normalized spacial score (nSPS) is 21.8. The lowest BCUT2D eigenvalue weighted by molar-refractivity contribution is -0.116. The number of hydrogen-bond donors (Lipinski definition) is 2. The minimum Gasteiger partial charge on any atom is -0.397 e. The summed E-state index contributed by atoms with van der Waals surface area (Å²) in [6.07, 6.45) is 1.73. The largest absolute Gasteiger partial charge is 0.397 e. The van der Waals surface area contributed by atoms with E-state index >= 15 is 0 Å². The molecule has 1 unspecified atom stereocenters. The fraction of sp³-hybridized carbons (Fsp3) is 0.417. The number of nitrogens with one attached hydrogen (secondary N) is 1. The molecular weight excluding hydrogens is 288 g/mol. The fourth-order valence-corrected chi connectivity index (χ4v) is 4.09. The monoisotopic (exact) mass is 302 g/mol. The number of hydrogen-bond acceptors (Lipinski definition) is 4. The SMILES string of the molecule is Nc1cc(Cl)ccc1NC(=O)C1CCCCS1(=O)=O. The van der Waals surface area contributed by atoms with Gasteiger partial charge in [-0.15, -0.1) is 0 Å². The number of nitrogen functional groups attached to an aromatic ring is 1. The van der Waals surface area contributed by atoms with Gasteiger partial charge < -0.3 is 11.1 Å². The number of carbonyl (C=O) groups excluding carboxylic acids is 1. The number of halogens is 1. The van der Waals surface area contributed by atoms with Crippen molar-refractivity contribution in [2.45, 2.75) is 24.5 Å². The Kier molecular flexibility index (Phi) is 4.01. The highest BCUT2D eigenvalue weighted by molar-refractivity contribution is 7.92. The second kappa shape index (κ2) is 5.38. The van der Waals surface area contributed by atoms with Crippen LogP contribution >= 0.6 is 11.6 Å². The molecule has 1 amide bonds. The lowest BCUT2D eigenvalue weighted by Crippen LogP contribution is -2.39. The van der Waals surface area contributed by atoms with Gasteiger partial charge in [0, 0.05) is 5.02 Å². The Morgan fingerprint density at radius 1 is 1.37 bits per heavy atom. The molecule has 2 rings (SSSR count). The number of amides is 1. The van der Waals surface area contributed by atoms with Crippen LogP contribution < -0.4 is 11.1 Å². The number of carbonyl (C=O) groups is 1. The van der Waals surface area contributed by atoms with Gasteiger partial charge in [-0.2, -0.15) is 0 Å². The van der Waals surface area contributed by atoms with E-state index in [4.69, 9.17) is 17.3 Å². The molecule has 0 aromatic heterocycles. The molecule has 7 heteroatoms. The maximum absolute atomic E-state index is 12.0. The zero-order chi connectivity index (χ0) is 14.0. The van der Waals surface area contributed by atoms with Gasteiger partial charge in [0.1, 0.15) is 5.25 Å². The first kappa shape index (κ1) is 14.1. The van der Waals surface area contributed by atoms with Gasteiger partial charge in [0.05, 0.1) is 17.1 Å². The Morgan fingerprint density at radius 2 is 2.11 bits per heavy atom. The highest BCUT2D eigenvalue weighted by Crippen LogP contribution is 2.25. The van der Waals surface area contributed by atoms with Crippen molar-refractivity contribution in [3.05, 3.63) is 23.2 Å². The quantitative estimate of drug-likeness (QED) is 0.816. The van der Waals surface area contributed by atoms with E-state index in [0.29, 0.717) is 29.2 Å². The summed E-state index contributed by atoms with van der Waals surface area (Å²) in [5.41, 5.74) is 6.42. The van der Waals surface area contributed by atoms with E-state index in [1.54, 1.807) is 12.1 Å². The van der Waals surface area contributed by atoms with Crippen LogP contribution in [0.5, 0.6) is 0 Å². The molecule has 1 fully saturated rings. The van der Waals surface area contributed by atoms with E-state index in [0.717, 1.165) is 6.42 Å². The average molecular weight is 303 g/mol. The highest BCUT2D eigenvalue weighted by Gasteiger charge is 2.34. The topological polar surface area (TPSA) is 89.3 Å². The lowest BCUT2D eigenvalue weighted by atomic mass is 10.1. The van der Waals surface area contributed by atoms with Crippen molar-refractivity contribution in [2.75, 3.05) is 16.8 Å². The first-order valence-corrected chi connectivity index (χ1v) is 8.07. The number of rotatable bonds is 2. The molecule has 19 heavy (non-hydrogen) atoms. The van der Waals surface area contributed by atoms with Gasteiger partial charge in [-0.3, -0.25) is 4.79 Å². The third-order valence-electron chi connectivity index (χ3n) is 3.14. The summed E-state index contributed by atoms with van der Waals surface area (Å²) in [4.78, 5) is 12.0. The molecule has 104 valence electrons. The Bertz CT molecular complexity index is 601. The highest BCUT2D eigenvalue weighted by atomic mass is 35.5. The summed E-state index contributed by atoms with van der Waals surface area (Å²) >= 11 is 5.76. The molecule has 3 N–H and O–H groups in total. The summed E-state index contributed by atoms with van der Waals surface area (Å²) in [6.45, 7) is 0. The Morgan fingerprint density at radius 3 is 2.74 bits per heavy atom. The van der Waals surface area contributed by atoms with E-state index in [-0.39, 0.29) is 5.75 Å². The van der Waals surface area contributed by atoms with Crippen LogP contribution in [0.4, 0.5) is 11.4 Å². The van der Waals surface area contributed by atoms with Crippen molar-refractivity contribution < 1.29 is 13.2 Å². The molecule has 0 radical (unpaired) electrons. The zero-order valence-electron chi connectivity index (χ0n) is 10.2. The van der Waals surface area contributed by atoms with Gasteiger partial charge in [-0.1, -0.05) is 18.0 Å². The second-order valence-corrected chi connectivity index (χ2v) is 7.31. The molecule has 0 aliphatic carbocycles. The molecule has 1 heterocycles. The first-order chi connectivity index (χ1) is 8.90. The first-order valence-electron chi connectivity index (χ1n) is 5.97. The van der Waals surface area contributed by atoms with Gasteiger partial charge in [-0.25, -0.2) is 8.42 Å². The summed E-state index contributed by atoms with van der Waals surface area (Å²) in [6, 6.07) is 4.65. The van der Waals surface area contributed by atoms with Crippen molar-refractivity contribution in [3.63, 3.8) is 0 Å². The predicted molar refractivity (Wildman–Crippen MR) is 75.9 cm³/mol. The lowest BCUT2D eigenvalue weighted by Gasteiger charge is -2.21. The third kappa shape index (κ3) is 3.19. The number of benzene rings is 1. The van der Waals surface area contributed by atoms with Crippen molar-refractivity contribution in [3.8, 4) is 0 Å². The van der Waals surface area contributed by atoms with Crippen molar-refractivity contribution in [2.24, 2.45) is 0 Å². The van der Waals surface area contributed by atoms with E-state index in [2.05, 4.69) is 5.32 Å². The Balaban J connectivity index is 2.17. The predicted octanol–water partition coefficient (Wildman–Crippen LogP) is 1.83. The number of anilines is 2. The minimum atomic E-state index is -3.34. The van der Waals surface area contributed by atoms with Crippen LogP contribution in [0.3, 0.4) is 0 Å². The van der Waals surface area contributed by atoms with E-state index in [9.17, 15) is 13.2 Å². The Hall–Kier alpha value is -1.27. The molecule has 1 atom stereocenters. The van der Waals surface area contributed by atoms with Crippen LogP contribution in [0.15, 0.2) is 18.2 Å². The molecule has 1 aromatic carbocycles. The van der Waals surface area contributed by atoms with E-state index < -0.39 is 21.0 Å². The van der Waals surface area contributed by atoms with Crippen LogP contribution in [0.25, 0.3) is 0 Å². The second-order valence-electron chi connectivity index (χ2n) is 4.57. The minimum absolute atomic E-state index is 0.0706. The van der Waals surface area contributed by atoms with Crippen LogP contribution in [0.2, 0.25) is 5.02 Å². The van der Waals surface area contributed by atoms with Gasteiger partial charge in [0.2, 0.25) is 5.91 Å². The standard InChI is InChI=1S/C12H15ClN2O3S/c13-8-4-5-10(9(14)7-8)15-12(16)11-3-1-2-6-19(11,17)18/h4-5,7,11H,1-3,6,14H2,(H,15,16). The zero-order valence-corrected chi connectivity index (χ0v) is 11.8. The Labute approximate surface area is 117 Å². The summed E-state index contributed by atoms with van der Waals surface area (Å²) in [5.74, 6) is -0.449. The van der Waals surface area contributed by atoms with Gasteiger partial charge in [-0.05, 0) is 31.0 Å². The average Bonchev–Trinajstić information content (AvgIpc) is 2.32. The fourth-order valence-electron chi connectivity index (χ4n) is 2.11. The maximum atomic E-state index is 12.0. The van der Waals surface area contributed by atoms with Crippen LogP contribution in [0.1, 0.15) is 19.3 Å². The molecule has 1 saturated heterocycles. The molecule has 0 saturated carbocycles. The van der Waals surface area contributed by atoms with Gasteiger partial charge in [0.15, 0.2) is 9.84 Å². The molecule has 1 aromatic rings.